The standard InChI is InChI=1S/C17H22BrN3O9/c1-8(22)26-7-13-14(27-9(2)23)15(28-10(3)24)16(29-11(4)25)17(30-13)21-6-12(5-18)19-20-21/h6,13-17H,5,7H2,1-4H3/t13-,14-,15+,16-,17-/m1/s1. The van der Waals surface area contributed by atoms with Crippen LogP contribution in [0.15, 0.2) is 6.20 Å². The highest BCUT2D eigenvalue weighted by Crippen LogP contribution is 2.34. The minimum Gasteiger partial charge on any atom is -0.463 e. The van der Waals surface area contributed by atoms with Crippen molar-refractivity contribution in [3.8, 4) is 0 Å². The van der Waals surface area contributed by atoms with Gasteiger partial charge in [-0.3, -0.25) is 19.2 Å². The van der Waals surface area contributed by atoms with Crippen LogP contribution in [0.25, 0.3) is 0 Å². The van der Waals surface area contributed by atoms with Crippen LogP contribution in [0.2, 0.25) is 0 Å². The van der Waals surface area contributed by atoms with Crippen molar-refractivity contribution in [2.24, 2.45) is 0 Å². The summed E-state index contributed by atoms with van der Waals surface area (Å²) in [7, 11) is 0. The molecule has 0 bridgehead atoms. The molecule has 0 radical (unpaired) electrons. The molecule has 30 heavy (non-hydrogen) atoms. The fourth-order valence-corrected chi connectivity index (χ4v) is 3.17. The number of hydrogen-bond donors (Lipinski definition) is 0. The third kappa shape index (κ3) is 6.23. The van der Waals surface area contributed by atoms with Gasteiger partial charge in [-0.25, -0.2) is 4.68 Å². The quantitative estimate of drug-likeness (QED) is 0.297. The van der Waals surface area contributed by atoms with Crippen molar-refractivity contribution in [2.75, 3.05) is 6.61 Å². The summed E-state index contributed by atoms with van der Waals surface area (Å²) in [6.07, 6.45) is -4.32. The fourth-order valence-electron chi connectivity index (χ4n) is 2.92. The summed E-state index contributed by atoms with van der Waals surface area (Å²) in [6.45, 7) is 4.36. The van der Waals surface area contributed by atoms with Crippen LogP contribution in [0.5, 0.6) is 0 Å². The van der Waals surface area contributed by atoms with Crippen LogP contribution in [0, 0.1) is 0 Å². The normalized spacial score (nSPS) is 25.8. The number of nitrogens with zero attached hydrogens (tertiary/aromatic N) is 3. The molecule has 12 nitrogen and oxygen atoms in total. The molecule has 2 rings (SSSR count). The molecule has 5 atom stereocenters. The van der Waals surface area contributed by atoms with Gasteiger partial charge in [0.2, 0.25) is 0 Å². The van der Waals surface area contributed by atoms with E-state index in [9.17, 15) is 19.2 Å². The summed E-state index contributed by atoms with van der Waals surface area (Å²) in [6, 6.07) is 0. The maximum atomic E-state index is 11.8. The zero-order valence-electron chi connectivity index (χ0n) is 16.8. The van der Waals surface area contributed by atoms with E-state index in [-0.39, 0.29) is 6.61 Å². The van der Waals surface area contributed by atoms with Gasteiger partial charge >= 0.3 is 23.9 Å². The van der Waals surface area contributed by atoms with Gasteiger partial charge < -0.3 is 23.7 Å². The van der Waals surface area contributed by atoms with Crippen molar-refractivity contribution in [1.82, 2.24) is 15.0 Å². The number of ether oxygens (including phenoxy) is 5. The van der Waals surface area contributed by atoms with E-state index in [0.717, 1.165) is 13.8 Å². The molecular formula is C17H22BrN3O9. The van der Waals surface area contributed by atoms with Crippen LogP contribution < -0.4 is 0 Å². The second-order valence-corrected chi connectivity index (χ2v) is 6.97. The van der Waals surface area contributed by atoms with Crippen LogP contribution in [0.4, 0.5) is 0 Å². The number of aromatic nitrogens is 3. The highest BCUT2D eigenvalue weighted by atomic mass is 79.9. The third-order valence-electron chi connectivity index (χ3n) is 3.92. The average molecular weight is 492 g/mol. The van der Waals surface area contributed by atoms with E-state index in [2.05, 4.69) is 26.2 Å². The SMILES string of the molecule is CC(=O)OC[C@H]1O[C@@H](n2cc(CBr)nn2)[C@H](OC(C)=O)[C@@H](OC(C)=O)[C@@H]1OC(C)=O. The predicted octanol–water partition coefficient (Wildman–Crippen LogP) is 0.429. The topological polar surface area (TPSA) is 145 Å². The minimum atomic E-state index is -1.26. The first-order chi connectivity index (χ1) is 14.1. The van der Waals surface area contributed by atoms with Gasteiger partial charge in [-0.05, 0) is 0 Å². The summed E-state index contributed by atoms with van der Waals surface area (Å²) in [5, 5.41) is 8.31. The summed E-state index contributed by atoms with van der Waals surface area (Å²) < 4.78 is 28.3. The Labute approximate surface area is 180 Å². The monoisotopic (exact) mass is 491 g/mol. The lowest BCUT2D eigenvalue weighted by atomic mass is 9.97. The molecule has 1 aromatic heterocycles. The lowest BCUT2D eigenvalue weighted by Crippen LogP contribution is -2.60. The molecule has 1 aliphatic heterocycles. The molecule has 2 heterocycles. The number of rotatable bonds is 7. The van der Waals surface area contributed by atoms with E-state index in [1.54, 1.807) is 0 Å². The van der Waals surface area contributed by atoms with E-state index < -0.39 is 54.5 Å². The Balaban J connectivity index is 2.50. The van der Waals surface area contributed by atoms with E-state index in [4.69, 9.17) is 23.7 Å². The van der Waals surface area contributed by atoms with E-state index >= 15 is 0 Å². The Hall–Kier alpha value is -2.54. The summed E-state index contributed by atoms with van der Waals surface area (Å²) >= 11 is 3.26. The minimum absolute atomic E-state index is 0.311. The van der Waals surface area contributed by atoms with Crippen LogP contribution in [0.3, 0.4) is 0 Å². The molecule has 0 spiro atoms. The maximum Gasteiger partial charge on any atom is 0.303 e. The largest absolute Gasteiger partial charge is 0.463 e. The van der Waals surface area contributed by atoms with Crippen molar-refractivity contribution in [3.63, 3.8) is 0 Å². The number of carbonyl (C=O) groups excluding carboxylic acids is 4. The van der Waals surface area contributed by atoms with Crippen molar-refractivity contribution in [3.05, 3.63) is 11.9 Å². The molecule has 0 aromatic carbocycles. The predicted molar refractivity (Wildman–Crippen MR) is 99.9 cm³/mol. The zero-order valence-corrected chi connectivity index (χ0v) is 18.4. The van der Waals surface area contributed by atoms with Gasteiger partial charge in [0, 0.05) is 33.0 Å². The van der Waals surface area contributed by atoms with Crippen LogP contribution in [-0.2, 0) is 48.2 Å². The van der Waals surface area contributed by atoms with Gasteiger partial charge in [0.25, 0.3) is 0 Å². The molecule has 13 heteroatoms. The lowest BCUT2D eigenvalue weighted by molar-refractivity contribution is -0.270. The van der Waals surface area contributed by atoms with Gasteiger partial charge in [-0.1, -0.05) is 21.1 Å². The lowest BCUT2D eigenvalue weighted by Gasteiger charge is -2.44. The van der Waals surface area contributed by atoms with Gasteiger partial charge in [0.05, 0.1) is 11.9 Å². The first-order valence-electron chi connectivity index (χ1n) is 8.89. The van der Waals surface area contributed by atoms with E-state index in [1.165, 1.54) is 24.7 Å². The number of esters is 4. The van der Waals surface area contributed by atoms with Crippen LogP contribution in [0.1, 0.15) is 39.6 Å². The summed E-state index contributed by atoms with van der Waals surface area (Å²) in [4.78, 5) is 46.5. The first-order valence-corrected chi connectivity index (χ1v) is 10.0. The van der Waals surface area contributed by atoms with Crippen LogP contribution in [-0.4, -0.2) is 69.9 Å². The zero-order chi connectivity index (χ0) is 22.4. The molecule has 1 aromatic rings. The Bertz CT molecular complexity index is 799. The fraction of sp³-hybridized carbons (Fsp3) is 0.647. The number of hydrogen-bond acceptors (Lipinski definition) is 11. The first kappa shape index (κ1) is 23.7. The van der Waals surface area contributed by atoms with Crippen molar-refractivity contribution < 1.29 is 42.9 Å². The van der Waals surface area contributed by atoms with Crippen molar-refractivity contribution in [2.45, 2.75) is 63.7 Å². The van der Waals surface area contributed by atoms with E-state index in [0.29, 0.717) is 11.0 Å². The summed E-state index contributed by atoms with van der Waals surface area (Å²) in [5.74, 6) is -2.69. The smallest absolute Gasteiger partial charge is 0.303 e. The molecule has 0 amide bonds. The van der Waals surface area contributed by atoms with Gasteiger partial charge in [-0.2, -0.15) is 0 Å². The molecule has 0 N–H and O–H groups in total. The number of alkyl halides is 1. The summed E-state index contributed by atoms with van der Waals surface area (Å²) in [5.41, 5.74) is 0.558. The Morgan fingerprint density at radius 2 is 1.53 bits per heavy atom. The third-order valence-corrected chi connectivity index (χ3v) is 4.50. The highest BCUT2D eigenvalue weighted by molar-refractivity contribution is 9.08. The second kappa shape index (κ2) is 10.5. The Morgan fingerprint density at radius 3 is 2.03 bits per heavy atom. The number of carbonyl (C=O) groups is 4. The van der Waals surface area contributed by atoms with Crippen molar-refractivity contribution >= 4 is 39.8 Å². The molecule has 0 aliphatic carbocycles. The van der Waals surface area contributed by atoms with Gasteiger partial charge in [0.15, 0.2) is 24.5 Å². The highest BCUT2D eigenvalue weighted by Gasteiger charge is 2.53. The molecule has 1 fully saturated rings. The Morgan fingerprint density at radius 1 is 0.967 bits per heavy atom. The van der Waals surface area contributed by atoms with Crippen molar-refractivity contribution in [1.29, 1.82) is 0 Å². The molecule has 0 unspecified atom stereocenters. The molecule has 166 valence electrons. The molecule has 1 aliphatic rings. The van der Waals surface area contributed by atoms with Gasteiger partial charge in [-0.15, -0.1) is 5.10 Å². The molecular weight excluding hydrogens is 470 g/mol. The van der Waals surface area contributed by atoms with Gasteiger partial charge in [0.1, 0.15) is 12.7 Å². The molecule has 0 saturated carbocycles. The molecule has 1 saturated heterocycles. The number of halogens is 1. The second-order valence-electron chi connectivity index (χ2n) is 6.41. The Kier molecular flexibility index (Phi) is 8.29. The van der Waals surface area contributed by atoms with E-state index in [1.807, 2.05) is 0 Å². The van der Waals surface area contributed by atoms with Crippen LogP contribution >= 0.6 is 15.9 Å². The average Bonchev–Trinajstić information content (AvgIpc) is 3.11. The maximum absolute atomic E-state index is 11.8.